The van der Waals surface area contributed by atoms with Gasteiger partial charge in [-0.25, -0.2) is 9.79 Å². The molecular weight excluding hydrogens is 468 g/mol. The van der Waals surface area contributed by atoms with Gasteiger partial charge in [0.15, 0.2) is 16.3 Å². The van der Waals surface area contributed by atoms with E-state index >= 15 is 0 Å². The van der Waals surface area contributed by atoms with E-state index in [1.807, 2.05) is 31.2 Å². The number of thiazole rings is 1. The third-order valence-corrected chi connectivity index (χ3v) is 6.51. The Morgan fingerprint density at radius 1 is 1.17 bits per heavy atom. The summed E-state index contributed by atoms with van der Waals surface area (Å²) in [5.41, 5.74) is 1.83. The summed E-state index contributed by atoms with van der Waals surface area (Å²) in [7, 11) is 1.46. The van der Waals surface area contributed by atoms with Crippen LogP contribution in [0.3, 0.4) is 0 Å². The number of phenols is 1. The maximum atomic E-state index is 13.7. The Morgan fingerprint density at radius 3 is 2.66 bits per heavy atom. The highest BCUT2D eigenvalue weighted by Crippen LogP contribution is 2.35. The van der Waals surface area contributed by atoms with Gasteiger partial charge in [0.05, 0.1) is 36.1 Å². The fourth-order valence-electron chi connectivity index (χ4n) is 4.01. The molecule has 0 unspecified atom stereocenters. The van der Waals surface area contributed by atoms with Crippen molar-refractivity contribution in [3.05, 3.63) is 84.5 Å². The standard InChI is InChI=1S/C26H26N2O6S/c1-5-33-19-10-8-7-9-17(19)23-22(25(31)34-6-2)15(3)27-26-28(23)24(30)21(35-26)14-16-11-12-18(29)20(13-16)32-4/h7-14,23,29H,5-6H2,1-4H3/b21-14-/t23-/m1/s1. The monoisotopic (exact) mass is 494 g/mol. The number of carbonyl (C=O) groups excluding carboxylic acids is 1. The van der Waals surface area contributed by atoms with E-state index in [9.17, 15) is 14.7 Å². The number of hydrogen-bond donors (Lipinski definition) is 1. The Kier molecular flexibility index (Phi) is 7.07. The van der Waals surface area contributed by atoms with Crippen molar-refractivity contribution in [3.63, 3.8) is 0 Å². The number of allylic oxidation sites excluding steroid dienone is 1. The van der Waals surface area contributed by atoms with Crippen LogP contribution in [0.2, 0.25) is 0 Å². The van der Waals surface area contributed by atoms with Gasteiger partial charge in [0, 0.05) is 5.56 Å². The largest absolute Gasteiger partial charge is 0.504 e. The second kappa shape index (κ2) is 10.2. The number of hydrogen-bond acceptors (Lipinski definition) is 8. The van der Waals surface area contributed by atoms with Crippen LogP contribution < -0.4 is 24.4 Å². The summed E-state index contributed by atoms with van der Waals surface area (Å²) in [4.78, 5) is 31.8. The van der Waals surface area contributed by atoms with Crippen molar-refractivity contribution >= 4 is 23.4 Å². The molecule has 0 saturated heterocycles. The molecule has 8 nitrogen and oxygen atoms in total. The van der Waals surface area contributed by atoms with Crippen LogP contribution in [0.5, 0.6) is 17.2 Å². The average Bonchev–Trinajstić information content (AvgIpc) is 3.14. The number of methoxy groups -OCH3 is 1. The van der Waals surface area contributed by atoms with Gasteiger partial charge >= 0.3 is 5.97 Å². The molecule has 1 N–H and O–H groups in total. The van der Waals surface area contributed by atoms with Gasteiger partial charge in [0.2, 0.25) is 0 Å². The zero-order chi connectivity index (χ0) is 25.1. The van der Waals surface area contributed by atoms with Gasteiger partial charge in [-0.1, -0.05) is 35.6 Å². The molecule has 1 atom stereocenters. The summed E-state index contributed by atoms with van der Waals surface area (Å²) in [6, 6.07) is 11.4. The molecule has 9 heteroatoms. The van der Waals surface area contributed by atoms with Crippen LogP contribution in [0.15, 0.2) is 63.5 Å². The third-order valence-electron chi connectivity index (χ3n) is 5.53. The summed E-state index contributed by atoms with van der Waals surface area (Å²) in [6.07, 6.45) is 1.71. The molecule has 2 heterocycles. The normalized spacial score (nSPS) is 15.4. The highest BCUT2D eigenvalue weighted by Gasteiger charge is 2.35. The minimum Gasteiger partial charge on any atom is -0.504 e. The number of ether oxygens (including phenoxy) is 3. The Bertz CT molecular complexity index is 1480. The lowest BCUT2D eigenvalue weighted by molar-refractivity contribution is -0.139. The number of esters is 1. The molecule has 0 aliphatic carbocycles. The lowest BCUT2D eigenvalue weighted by Crippen LogP contribution is -2.40. The van der Waals surface area contributed by atoms with Gasteiger partial charge in [-0.05, 0) is 50.6 Å². The van der Waals surface area contributed by atoms with Gasteiger partial charge in [0.1, 0.15) is 11.8 Å². The molecule has 0 radical (unpaired) electrons. The van der Waals surface area contributed by atoms with Crippen molar-refractivity contribution in [2.45, 2.75) is 26.8 Å². The quantitative estimate of drug-likeness (QED) is 0.507. The zero-order valence-corrected chi connectivity index (χ0v) is 20.7. The van der Waals surface area contributed by atoms with E-state index < -0.39 is 12.0 Å². The molecule has 2 aromatic carbocycles. The summed E-state index contributed by atoms with van der Waals surface area (Å²) < 4.78 is 18.3. The Hall–Kier alpha value is -3.85. The number of fused-ring (bicyclic) bond motifs is 1. The van der Waals surface area contributed by atoms with Crippen molar-refractivity contribution in [1.29, 1.82) is 0 Å². The van der Waals surface area contributed by atoms with Crippen molar-refractivity contribution in [2.24, 2.45) is 4.99 Å². The van der Waals surface area contributed by atoms with Crippen molar-refractivity contribution < 1.29 is 24.1 Å². The predicted molar refractivity (Wildman–Crippen MR) is 133 cm³/mol. The lowest BCUT2D eigenvalue weighted by atomic mass is 9.95. The second-order valence-electron chi connectivity index (χ2n) is 7.70. The van der Waals surface area contributed by atoms with Crippen molar-refractivity contribution in [3.8, 4) is 17.2 Å². The predicted octanol–water partition coefficient (Wildman–Crippen LogP) is 2.91. The van der Waals surface area contributed by atoms with Crippen LogP contribution >= 0.6 is 11.3 Å². The molecule has 1 aliphatic rings. The Morgan fingerprint density at radius 2 is 1.94 bits per heavy atom. The highest BCUT2D eigenvalue weighted by atomic mass is 32.1. The molecule has 35 heavy (non-hydrogen) atoms. The fourth-order valence-corrected chi connectivity index (χ4v) is 5.06. The maximum Gasteiger partial charge on any atom is 0.338 e. The van der Waals surface area contributed by atoms with Crippen LogP contribution in [-0.2, 0) is 9.53 Å². The van der Waals surface area contributed by atoms with Crippen molar-refractivity contribution in [2.75, 3.05) is 20.3 Å². The molecule has 0 fully saturated rings. The molecule has 182 valence electrons. The van der Waals surface area contributed by atoms with Gasteiger partial charge in [-0.2, -0.15) is 0 Å². The third kappa shape index (κ3) is 4.59. The van der Waals surface area contributed by atoms with Gasteiger partial charge in [-0.15, -0.1) is 0 Å². The van der Waals surface area contributed by atoms with Gasteiger partial charge in [0.25, 0.3) is 5.56 Å². The first-order valence-electron chi connectivity index (χ1n) is 11.2. The van der Waals surface area contributed by atoms with Gasteiger partial charge in [-0.3, -0.25) is 9.36 Å². The first-order chi connectivity index (χ1) is 16.9. The first kappa shape index (κ1) is 24.3. The van der Waals surface area contributed by atoms with E-state index in [1.54, 1.807) is 32.1 Å². The van der Waals surface area contributed by atoms with E-state index in [4.69, 9.17) is 14.2 Å². The number of benzene rings is 2. The molecule has 0 spiro atoms. The minimum atomic E-state index is -0.760. The number of aromatic hydroxyl groups is 1. The summed E-state index contributed by atoms with van der Waals surface area (Å²) in [5.74, 6) is 0.362. The van der Waals surface area contributed by atoms with E-state index in [1.165, 1.54) is 29.1 Å². The van der Waals surface area contributed by atoms with Crippen LogP contribution in [-0.4, -0.2) is 36.0 Å². The Labute approximate surface area is 206 Å². The lowest BCUT2D eigenvalue weighted by Gasteiger charge is -2.26. The number of carbonyl (C=O) groups is 1. The summed E-state index contributed by atoms with van der Waals surface area (Å²) in [5, 5.41) is 9.89. The topological polar surface area (TPSA) is 99.4 Å². The van der Waals surface area contributed by atoms with E-state index in [0.717, 1.165) is 0 Å². The number of para-hydroxylation sites is 1. The first-order valence-corrected chi connectivity index (χ1v) is 12.0. The zero-order valence-electron chi connectivity index (χ0n) is 19.9. The molecule has 1 aromatic heterocycles. The van der Waals surface area contributed by atoms with Crippen LogP contribution in [0.4, 0.5) is 0 Å². The van der Waals surface area contributed by atoms with E-state index in [-0.39, 0.29) is 17.9 Å². The molecule has 4 rings (SSSR count). The number of phenolic OH excluding ortho intramolecular Hbond substituents is 1. The second-order valence-corrected chi connectivity index (χ2v) is 8.71. The van der Waals surface area contributed by atoms with Crippen molar-refractivity contribution in [1.82, 2.24) is 4.57 Å². The smallest absolute Gasteiger partial charge is 0.338 e. The van der Waals surface area contributed by atoms with E-state index in [2.05, 4.69) is 4.99 Å². The summed E-state index contributed by atoms with van der Waals surface area (Å²) >= 11 is 1.22. The molecule has 0 saturated carbocycles. The van der Waals surface area contributed by atoms with Crippen LogP contribution in [0, 0.1) is 0 Å². The maximum absolute atomic E-state index is 13.7. The van der Waals surface area contributed by atoms with Crippen LogP contribution in [0.1, 0.15) is 37.9 Å². The molecule has 1 aliphatic heterocycles. The molecule has 3 aromatic rings. The number of nitrogens with zero attached hydrogens (tertiary/aromatic N) is 2. The minimum absolute atomic E-state index is 0.00773. The fraction of sp³-hybridized carbons (Fsp3) is 0.269. The molecule has 0 bridgehead atoms. The highest BCUT2D eigenvalue weighted by molar-refractivity contribution is 7.07. The van der Waals surface area contributed by atoms with Gasteiger partial charge < -0.3 is 19.3 Å². The number of rotatable bonds is 7. The number of aromatic nitrogens is 1. The Balaban J connectivity index is 1.97. The molecule has 0 amide bonds. The van der Waals surface area contributed by atoms with Crippen LogP contribution in [0.25, 0.3) is 6.08 Å². The average molecular weight is 495 g/mol. The summed E-state index contributed by atoms with van der Waals surface area (Å²) in [6.45, 7) is 5.98. The SMILES string of the molecule is CCOC(=O)C1=C(C)N=c2s/c(=C\c3ccc(O)c(OC)c3)c(=O)n2[C@@H]1c1ccccc1OCC. The molecular formula is C26H26N2O6S. The van der Waals surface area contributed by atoms with E-state index in [0.29, 0.717) is 49.8 Å².